The van der Waals surface area contributed by atoms with E-state index in [4.69, 9.17) is 9.47 Å². The zero-order valence-electron chi connectivity index (χ0n) is 13.1. The van der Waals surface area contributed by atoms with Gasteiger partial charge < -0.3 is 14.6 Å². The van der Waals surface area contributed by atoms with Gasteiger partial charge in [0.2, 0.25) is 0 Å². The van der Waals surface area contributed by atoms with Crippen LogP contribution in [0, 0.1) is 0 Å². The van der Waals surface area contributed by atoms with Crippen LogP contribution >= 0.6 is 0 Å². The minimum Gasteiger partial charge on any atom is -0.478 e. The molecule has 0 amide bonds. The van der Waals surface area contributed by atoms with Gasteiger partial charge in [-0.1, -0.05) is 25.3 Å². The first-order chi connectivity index (χ1) is 11.9. The summed E-state index contributed by atoms with van der Waals surface area (Å²) in [5.41, 5.74) is 0.935. The number of carbonyl (C=O) groups is 3. The van der Waals surface area contributed by atoms with Gasteiger partial charge in [0, 0.05) is 12.2 Å². The molecule has 2 aromatic rings. The molecular weight excluding hydrogens is 324 g/mol. The predicted molar refractivity (Wildman–Crippen MR) is 90.5 cm³/mol. The third kappa shape index (κ3) is 4.42. The zero-order valence-corrected chi connectivity index (χ0v) is 13.1. The lowest BCUT2D eigenvalue weighted by Crippen LogP contribution is -2.05. The standard InChI is InChI=1S/C19H14O6/c1-3-17(20)24-13-7-5-12(6-8-13)16-11-14(25-18(21)4-2)9-10-15(16)19(22)23/h3-11H,1-2H2,(H,22,23). The van der Waals surface area contributed by atoms with Gasteiger partial charge in [-0.3, -0.25) is 0 Å². The highest BCUT2D eigenvalue weighted by atomic mass is 16.5. The molecule has 0 spiro atoms. The molecule has 2 aromatic carbocycles. The summed E-state index contributed by atoms with van der Waals surface area (Å²) in [6, 6.07) is 10.4. The molecule has 6 nitrogen and oxygen atoms in total. The summed E-state index contributed by atoms with van der Waals surface area (Å²) in [7, 11) is 0. The van der Waals surface area contributed by atoms with E-state index in [2.05, 4.69) is 13.2 Å². The topological polar surface area (TPSA) is 89.9 Å². The van der Waals surface area contributed by atoms with Crippen molar-refractivity contribution in [3.8, 4) is 22.6 Å². The first kappa shape index (κ1) is 17.7. The molecule has 0 aliphatic carbocycles. The van der Waals surface area contributed by atoms with Crippen molar-refractivity contribution in [2.75, 3.05) is 0 Å². The molecule has 2 rings (SSSR count). The van der Waals surface area contributed by atoms with Crippen LogP contribution in [-0.2, 0) is 9.59 Å². The minimum atomic E-state index is -1.13. The monoisotopic (exact) mass is 338 g/mol. The molecule has 0 saturated carbocycles. The van der Waals surface area contributed by atoms with Crippen LogP contribution in [0.15, 0.2) is 67.8 Å². The fraction of sp³-hybridized carbons (Fsp3) is 0. The van der Waals surface area contributed by atoms with Crippen molar-refractivity contribution in [1.82, 2.24) is 0 Å². The van der Waals surface area contributed by atoms with Crippen LogP contribution in [0.2, 0.25) is 0 Å². The van der Waals surface area contributed by atoms with Gasteiger partial charge in [0.25, 0.3) is 0 Å². The van der Waals surface area contributed by atoms with Crippen molar-refractivity contribution < 1.29 is 29.0 Å². The first-order valence-corrected chi connectivity index (χ1v) is 7.11. The molecule has 0 heterocycles. The highest BCUT2D eigenvalue weighted by Crippen LogP contribution is 2.30. The Bertz CT molecular complexity index is 849. The Morgan fingerprint density at radius 1 is 0.840 bits per heavy atom. The van der Waals surface area contributed by atoms with E-state index in [0.29, 0.717) is 16.9 Å². The summed E-state index contributed by atoms with van der Waals surface area (Å²) < 4.78 is 9.99. The maximum atomic E-state index is 11.4. The Hall–Kier alpha value is -3.67. The van der Waals surface area contributed by atoms with E-state index in [0.717, 1.165) is 12.2 Å². The van der Waals surface area contributed by atoms with Gasteiger partial charge in [-0.25, -0.2) is 14.4 Å². The van der Waals surface area contributed by atoms with Gasteiger partial charge in [-0.05, 0) is 41.5 Å². The number of rotatable bonds is 6. The number of hydrogen-bond acceptors (Lipinski definition) is 5. The van der Waals surface area contributed by atoms with Crippen molar-refractivity contribution in [3.63, 3.8) is 0 Å². The summed E-state index contributed by atoms with van der Waals surface area (Å²) >= 11 is 0. The van der Waals surface area contributed by atoms with E-state index in [1.54, 1.807) is 12.1 Å². The second kappa shape index (κ2) is 7.74. The molecule has 0 atom stereocenters. The van der Waals surface area contributed by atoms with Crippen molar-refractivity contribution in [2.24, 2.45) is 0 Å². The molecule has 0 bridgehead atoms. The quantitative estimate of drug-likeness (QED) is 0.494. The second-order valence-corrected chi connectivity index (χ2v) is 4.79. The molecule has 25 heavy (non-hydrogen) atoms. The number of carbonyl (C=O) groups excluding carboxylic acids is 2. The molecule has 0 unspecified atom stereocenters. The fourth-order valence-electron chi connectivity index (χ4n) is 2.03. The van der Waals surface area contributed by atoms with Crippen molar-refractivity contribution in [3.05, 3.63) is 73.3 Å². The van der Waals surface area contributed by atoms with Gasteiger partial charge in [0.1, 0.15) is 11.5 Å². The average Bonchev–Trinajstić information content (AvgIpc) is 2.61. The Labute approximate surface area is 143 Å². The lowest BCUT2D eigenvalue weighted by atomic mass is 9.99. The maximum Gasteiger partial charge on any atom is 0.336 e. The Kier molecular flexibility index (Phi) is 5.47. The van der Waals surface area contributed by atoms with Gasteiger partial charge in [0.05, 0.1) is 5.56 Å². The van der Waals surface area contributed by atoms with E-state index in [9.17, 15) is 19.5 Å². The average molecular weight is 338 g/mol. The highest BCUT2D eigenvalue weighted by molar-refractivity contribution is 5.96. The normalized spacial score (nSPS) is 9.76. The van der Waals surface area contributed by atoms with Crippen LogP contribution in [0.1, 0.15) is 10.4 Å². The third-order valence-electron chi connectivity index (χ3n) is 3.16. The highest BCUT2D eigenvalue weighted by Gasteiger charge is 2.14. The molecule has 0 fully saturated rings. The number of esters is 2. The summed E-state index contributed by atoms with van der Waals surface area (Å²) in [4.78, 5) is 33.9. The van der Waals surface area contributed by atoms with Gasteiger partial charge in [-0.2, -0.15) is 0 Å². The molecule has 0 aliphatic heterocycles. The molecule has 0 saturated heterocycles. The van der Waals surface area contributed by atoms with Crippen molar-refractivity contribution >= 4 is 17.9 Å². The molecule has 126 valence electrons. The first-order valence-electron chi connectivity index (χ1n) is 7.11. The van der Waals surface area contributed by atoms with Crippen LogP contribution in [-0.4, -0.2) is 23.0 Å². The maximum absolute atomic E-state index is 11.4. The van der Waals surface area contributed by atoms with Crippen LogP contribution < -0.4 is 9.47 Å². The lowest BCUT2D eigenvalue weighted by molar-refractivity contribution is -0.129. The number of ether oxygens (including phenoxy) is 2. The Morgan fingerprint density at radius 2 is 1.36 bits per heavy atom. The SMILES string of the molecule is C=CC(=O)Oc1ccc(-c2cc(OC(=O)C=C)ccc2C(=O)O)cc1. The molecule has 1 N–H and O–H groups in total. The number of aromatic carboxylic acids is 1. The van der Waals surface area contributed by atoms with Crippen molar-refractivity contribution in [1.29, 1.82) is 0 Å². The summed E-state index contributed by atoms with van der Waals surface area (Å²) in [6.45, 7) is 6.61. The smallest absolute Gasteiger partial charge is 0.336 e. The number of carboxylic acids is 1. The number of carboxylic acid groups (broad SMARTS) is 1. The third-order valence-corrected chi connectivity index (χ3v) is 3.16. The summed E-state index contributed by atoms with van der Waals surface area (Å²) in [5.74, 6) is -1.90. The predicted octanol–water partition coefficient (Wildman–Crippen LogP) is 3.23. The minimum absolute atomic E-state index is 0.0363. The second-order valence-electron chi connectivity index (χ2n) is 4.79. The molecular formula is C19H14O6. The van der Waals surface area contributed by atoms with E-state index >= 15 is 0 Å². The van der Waals surface area contributed by atoms with Gasteiger partial charge in [0.15, 0.2) is 0 Å². The molecule has 0 aliphatic rings. The van der Waals surface area contributed by atoms with Crippen molar-refractivity contribution in [2.45, 2.75) is 0 Å². The van der Waals surface area contributed by atoms with E-state index in [1.807, 2.05) is 0 Å². The lowest BCUT2D eigenvalue weighted by Gasteiger charge is -2.10. The summed E-state index contributed by atoms with van der Waals surface area (Å²) in [6.07, 6.45) is 2.04. The largest absolute Gasteiger partial charge is 0.478 e. The van der Waals surface area contributed by atoms with Crippen LogP contribution in [0.5, 0.6) is 11.5 Å². The van der Waals surface area contributed by atoms with Gasteiger partial charge in [-0.15, -0.1) is 0 Å². The Morgan fingerprint density at radius 3 is 1.88 bits per heavy atom. The number of benzene rings is 2. The zero-order chi connectivity index (χ0) is 18.4. The van der Waals surface area contributed by atoms with E-state index in [-0.39, 0.29) is 11.3 Å². The van der Waals surface area contributed by atoms with Gasteiger partial charge >= 0.3 is 17.9 Å². The molecule has 0 radical (unpaired) electrons. The van der Waals surface area contributed by atoms with Crippen LogP contribution in [0.4, 0.5) is 0 Å². The molecule has 0 aromatic heterocycles. The molecule has 6 heteroatoms. The van der Waals surface area contributed by atoms with E-state index in [1.165, 1.54) is 30.3 Å². The summed E-state index contributed by atoms with van der Waals surface area (Å²) in [5, 5.41) is 9.35. The fourth-order valence-corrected chi connectivity index (χ4v) is 2.03. The van der Waals surface area contributed by atoms with Crippen LogP contribution in [0.3, 0.4) is 0 Å². The number of hydrogen-bond donors (Lipinski definition) is 1. The van der Waals surface area contributed by atoms with Crippen LogP contribution in [0.25, 0.3) is 11.1 Å². The Balaban J connectivity index is 2.41. The van der Waals surface area contributed by atoms with E-state index < -0.39 is 17.9 Å².